The van der Waals surface area contributed by atoms with Gasteiger partial charge in [-0.2, -0.15) is 5.10 Å². The zero-order valence-electron chi connectivity index (χ0n) is 12.9. The molecule has 108 valence electrons. The van der Waals surface area contributed by atoms with Crippen LogP contribution in [-0.4, -0.2) is 10.2 Å². The van der Waals surface area contributed by atoms with Crippen LogP contribution in [0.5, 0.6) is 0 Å². The van der Waals surface area contributed by atoms with Crippen LogP contribution in [0, 0.1) is 5.41 Å². The van der Waals surface area contributed by atoms with Gasteiger partial charge in [-0.25, -0.2) is 0 Å². The van der Waals surface area contributed by atoms with Crippen LogP contribution in [0.4, 0.5) is 0 Å². The van der Waals surface area contributed by atoms with Crippen molar-refractivity contribution >= 4 is 0 Å². The molecule has 0 spiro atoms. The van der Waals surface area contributed by atoms with Crippen LogP contribution in [0.2, 0.25) is 0 Å². The summed E-state index contributed by atoms with van der Waals surface area (Å²) >= 11 is 0. The van der Waals surface area contributed by atoms with Crippen molar-refractivity contribution in [1.82, 2.24) is 15.5 Å². The van der Waals surface area contributed by atoms with Gasteiger partial charge in [-0.3, -0.25) is 5.10 Å². The third kappa shape index (κ3) is 4.20. The SMILES string of the molecule is CC(NC(CC(C)(C)C)c1ccccc1)c1cn[nH]c1. The van der Waals surface area contributed by atoms with Crippen LogP contribution in [0.15, 0.2) is 42.7 Å². The molecule has 0 fully saturated rings. The maximum atomic E-state index is 4.03. The highest BCUT2D eigenvalue weighted by Gasteiger charge is 2.22. The minimum atomic E-state index is 0.279. The van der Waals surface area contributed by atoms with Gasteiger partial charge in [-0.05, 0) is 24.3 Å². The molecule has 2 N–H and O–H groups in total. The van der Waals surface area contributed by atoms with Crippen molar-refractivity contribution < 1.29 is 0 Å². The second kappa shape index (κ2) is 6.23. The van der Waals surface area contributed by atoms with Crippen molar-refractivity contribution in [2.75, 3.05) is 0 Å². The van der Waals surface area contributed by atoms with Gasteiger partial charge in [0.05, 0.1) is 6.20 Å². The maximum Gasteiger partial charge on any atom is 0.0534 e. The van der Waals surface area contributed by atoms with Crippen molar-refractivity contribution in [2.45, 2.75) is 46.2 Å². The predicted octanol–water partition coefficient (Wildman–Crippen LogP) is 4.24. The quantitative estimate of drug-likeness (QED) is 0.854. The largest absolute Gasteiger partial charge is 0.303 e. The summed E-state index contributed by atoms with van der Waals surface area (Å²) in [5, 5.41) is 10.6. The van der Waals surface area contributed by atoms with Gasteiger partial charge in [0.1, 0.15) is 0 Å². The Bertz CT molecular complexity index is 497. The molecule has 0 saturated carbocycles. The molecule has 0 aliphatic carbocycles. The van der Waals surface area contributed by atoms with E-state index >= 15 is 0 Å². The topological polar surface area (TPSA) is 40.7 Å². The van der Waals surface area contributed by atoms with E-state index in [0.717, 1.165) is 6.42 Å². The molecule has 1 aromatic heterocycles. The Balaban J connectivity index is 2.15. The molecule has 3 heteroatoms. The van der Waals surface area contributed by atoms with E-state index in [2.05, 4.69) is 73.5 Å². The summed E-state index contributed by atoms with van der Waals surface area (Å²) in [5.74, 6) is 0. The summed E-state index contributed by atoms with van der Waals surface area (Å²) < 4.78 is 0. The van der Waals surface area contributed by atoms with Crippen molar-refractivity contribution in [3.63, 3.8) is 0 Å². The van der Waals surface area contributed by atoms with Crippen LogP contribution in [0.25, 0.3) is 0 Å². The van der Waals surface area contributed by atoms with Gasteiger partial charge < -0.3 is 5.32 Å². The Morgan fingerprint density at radius 2 is 1.85 bits per heavy atom. The zero-order valence-corrected chi connectivity index (χ0v) is 12.9. The summed E-state index contributed by atoms with van der Waals surface area (Å²) in [7, 11) is 0. The standard InChI is InChI=1S/C17H25N3/c1-13(15-11-18-19-12-15)20-16(10-17(2,3)4)14-8-6-5-7-9-14/h5-9,11-13,16,20H,10H2,1-4H3,(H,18,19). The fourth-order valence-electron chi connectivity index (χ4n) is 2.47. The lowest BCUT2D eigenvalue weighted by Crippen LogP contribution is -2.28. The van der Waals surface area contributed by atoms with E-state index in [1.807, 2.05) is 12.4 Å². The Labute approximate surface area is 121 Å². The van der Waals surface area contributed by atoms with Gasteiger partial charge in [0, 0.05) is 23.8 Å². The number of rotatable bonds is 5. The van der Waals surface area contributed by atoms with Crippen LogP contribution in [0.3, 0.4) is 0 Å². The summed E-state index contributed by atoms with van der Waals surface area (Å²) in [6.07, 6.45) is 4.94. The van der Waals surface area contributed by atoms with Crippen LogP contribution >= 0.6 is 0 Å². The van der Waals surface area contributed by atoms with Crippen molar-refractivity contribution in [3.05, 3.63) is 53.9 Å². The molecule has 2 aromatic rings. The molecule has 0 radical (unpaired) electrons. The summed E-state index contributed by atoms with van der Waals surface area (Å²) in [4.78, 5) is 0. The highest BCUT2D eigenvalue weighted by Crippen LogP contribution is 2.31. The molecule has 0 amide bonds. The fraction of sp³-hybridized carbons (Fsp3) is 0.471. The van der Waals surface area contributed by atoms with Gasteiger partial charge in [-0.15, -0.1) is 0 Å². The van der Waals surface area contributed by atoms with E-state index in [1.54, 1.807) is 0 Å². The molecule has 0 aliphatic heterocycles. The molecular weight excluding hydrogens is 246 g/mol. The maximum absolute atomic E-state index is 4.03. The highest BCUT2D eigenvalue weighted by molar-refractivity contribution is 5.20. The van der Waals surface area contributed by atoms with Crippen LogP contribution in [0.1, 0.15) is 57.3 Å². The monoisotopic (exact) mass is 271 g/mol. The Morgan fingerprint density at radius 1 is 1.15 bits per heavy atom. The van der Waals surface area contributed by atoms with Gasteiger partial charge in [0.2, 0.25) is 0 Å². The number of hydrogen-bond acceptors (Lipinski definition) is 2. The van der Waals surface area contributed by atoms with E-state index in [-0.39, 0.29) is 11.5 Å². The van der Waals surface area contributed by atoms with E-state index < -0.39 is 0 Å². The summed E-state index contributed by atoms with van der Waals surface area (Å²) in [6.45, 7) is 9.04. The minimum Gasteiger partial charge on any atom is -0.303 e. The third-order valence-electron chi connectivity index (χ3n) is 3.49. The lowest BCUT2D eigenvalue weighted by molar-refractivity contribution is 0.297. The number of aromatic amines is 1. The molecule has 3 nitrogen and oxygen atoms in total. The second-order valence-corrected chi connectivity index (χ2v) is 6.65. The van der Waals surface area contributed by atoms with Crippen molar-refractivity contribution in [1.29, 1.82) is 0 Å². The number of H-pyrrole nitrogens is 1. The van der Waals surface area contributed by atoms with E-state index in [1.165, 1.54) is 11.1 Å². The number of nitrogens with zero attached hydrogens (tertiary/aromatic N) is 1. The number of aromatic nitrogens is 2. The molecule has 2 atom stereocenters. The summed E-state index contributed by atoms with van der Waals surface area (Å²) in [5.41, 5.74) is 2.82. The highest BCUT2D eigenvalue weighted by atomic mass is 15.1. The first-order valence-corrected chi connectivity index (χ1v) is 7.25. The van der Waals surface area contributed by atoms with E-state index in [9.17, 15) is 0 Å². The lowest BCUT2D eigenvalue weighted by Gasteiger charge is -2.29. The molecule has 0 saturated heterocycles. The number of benzene rings is 1. The van der Waals surface area contributed by atoms with Crippen LogP contribution < -0.4 is 5.32 Å². The Kier molecular flexibility index (Phi) is 4.61. The van der Waals surface area contributed by atoms with Gasteiger partial charge in [0.15, 0.2) is 0 Å². The van der Waals surface area contributed by atoms with E-state index in [4.69, 9.17) is 0 Å². The molecule has 1 aromatic carbocycles. The van der Waals surface area contributed by atoms with Gasteiger partial charge >= 0.3 is 0 Å². The number of hydrogen-bond donors (Lipinski definition) is 2. The molecular formula is C17H25N3. The smallest absolute Gasteiger partial charge is 0.0534 e. The Morgan fingerprint density at radius 3 is 2.40 bits per heavy atom. The van der Waals surface area contributed by atoms with E-state index in [0.29, 0.717) is 6.04 Å². The van der Waals surface area contributed by atoms with Gasteiger partial charge in [-0.1, -0.05) is 51.1 Å². The molecule has 2 rings (SSSR count). The first kappa shape index (κ1) is 14.8. The van der Waals surface area contributed by atoms with Crippen molar-refractivity contribution in [2.24, 2.45) is 5.41 Å². The normalized spacial score (nSPS) is 15.0. The summed E-state index contributed by atoms with van der Waals surface area (Å²) in [6, 6.07) is 11.3. The predicted molar refractivity (Wildman–Crippen MR) is 83.4 cm³/mol. The molecule has 1 heterocycles. The first-order chi connectivity index (χ1) is 9.46. The lowest BCUT2D eigenvalue weighted by atomic mass is 9.85. The van der Waals surface area contributed by atoms with Crippen molar-refractivity contribution in [3.8, 4) is 0 Å². The van der Waals surface area contributed by atoms with Gasteiger partial charge in [0.25, 0.3) is 0 Å². The molecule has 0 aliphatic rings. The fourth-order valence-corrected chi connectivity index (χ4v) is 2.47. The average molecular weight is 271 g/mol. The Hall–Kier alpha value is -1.61. The molecule has 20 heavy (non-hydrogen) atoms. The average Bonchev–Trinajstić information content (AvgIpc) is 2.91. The van der Waals surface area contributed by atoms with Crippen LogP contribution in [-0.2, 0) is 0 Å². The molecule has 2 unspecified atom stereocenters. The first-order valence-electron chi connectivity index (χ1n) is 7.25. The number of nitrogens with one attached hydrogen (secondary N) is 2. The minimum absolute atomic E-state index is 0.279. The second-order valence-electron chi connectivity index (χ2n) is 6.65. The molecule has 0 bridgehead atoms. The third-order valence-corrected chi connectivity index (χ3v) is 3.49. The zero-order chi connectivity index (χ0) is 14.6.